The first kappa shape index (κ1) is 14.4. The molecule has 1 N–H and O–H groups in total. The molecule has 3 nitrogen and oxygen atoms in total. The maximum absolute atomic E-state index is 12.4. The highest BCUT2D eigenvalue weighted by Gasteiger charge is 2.17. The van der Waals surface area contributed by atoms with E-state index in [-0.39, 0.29) is 5.91 Å². The van der Waals surface area contributed by atoms with Gasteiger partial charge in [0, 0.05) is 16.6 Å². The number of hydrogen-bond donors (Lipinski definition) is 1. The van der Waals surface area contributed by atoms with Crippen molar-refractivity contribution in [2.75, 3.05) is 5.32 Å². The van der Waals surface area contributed by atoms with Crippen LogP contribution in [0.2, 0.25) is 0 Å². The van der Waals surface area contributed by atoms with E-state index in [1.54, 1.807) is 0 Å². The number of anilines is 1. The monoisotopic (exact) mass is 293 g/mol. The molecular weight excluding hydrogens is 274 g/mol. The van der Waals surface area contributed by atoms with Gasteiger partial charge in [0.1, 0.15) is 5.58 Å². The third kappa shape index (κ3) is 2.62. The molecule has 3 aromatic rings. The van der Waals surface area contributed by atoms with Gasteiger partial charge in [-0.2, -0.15) is 0 Å². The van der Waals surface area contributed by atoms with Crippen LogP contribution in [0.25, 0.3) is 11.0 Å². The fraction of sp³-hybridized carbons (Fsp3) is 0.211. The Morgan fingerprint density at radius 3 is 2.50 bits per heavy atom. The summed E-state index contributed by atoms with van der Waals surface area (Å²) in [4.78, 5) is 12.4. The van der Waals surface area contributed by atoms with Crippen LogP contribution in [0.3, 0.4) is 0 Å². The quantitative estimate of drug-likeness (QED) is 0.749. The predicted molar refractivity (Wildman–Crippen MR) is 89.5 cm³/mol. The average Bonchev–Trinajstić information content (AvgIpc) is 2.85. The summed E-state index contributed by atoms with van der Waals surface area (Å²) < 4.78 is 5.72. The van der Waals surface area contributed by atoms with Crippen molar-refractivity contribution in [3.63, 3.8) is 0 Å². The lowest BCUT2D eigenvalue weighted by Crippen LogP contribution is -2.12. The van der Waals surface area contributed by atoms with Crippen LogP contribution in [0.5, 0.6) is 0 Å². The summed E-state index contributed by atoms with van der Waals surface area (Å²) in [6, 6.07) is 13.8. The van der Waals surface area contributed by atoms with Crippen LogP contribution in [-0.4, -0.2) is 5.91 Å². The lowest BCUT2D eigenvalue weighted by atomic mass is 10.1. The number of hydrogen-bond acceptors (Lipinski definition) is 2. The van der Waals surface area contributed by atoms with Crippen LogP contribution in [0.15, 0.2) is 46.9 Å². The summed E-state index contributed by atoms with van der Waals surface area (Å²) in [6.07, 6.45) is 0.982. The normalized spacial score (nSPS) is 10.9. The molecule has 0 aliphatic heterocycles. The molecule has 0 saturated heterocycles. The summed E-state index contributed by atoms with van der Waals surface area (Å²) in [5.41, 5.74) is 4.79. The Balaban J connectivity index is 1.89. The molecule has 0 saturated carbocycles. The fourth-order valence-electron chi connectivity index (χ4n) is 2.56. The van der Waals surface area contributed by atoms with Gasteiger partial charge in [-0.25, -0.2) is 0 Å². The Labute approximate surface area is 130 Å². The Hall–Kier alpha value is -2.55. The zero-order valence-electron chi connectivity index (χ0n) is 13.1. The van der Waals surface area contributed by atoms with E-state index in [1.807, 2.05) is 56.3 Å². The fourth-order valence-corrected chi connectivity index (χ4v) is 2.56. The van der Waals surface area contributed by atoms with Crippen molar-refractivity contribution in [3.8, 4) is 0 Å². The second kappa shape index (κ2) is 5.68. The second-order valence-corrected chi connectivity index (χ2v) is 5.56. The van der Waals surface area contributed by atoms with E-state index in [4.69, 9.17) is 4.42 Å². The van der Waals surface area contributed by atoms with Crippen LogP contribution in [0.4, 0.5) is 5.69 Å². The molecule has 0 bridgehead atoms. The van der Waals surface area contributed by atoms with Crippen LogP contribution in [0, 0.1) is 13.8 Å². The lowest BCUT2D eigenvalue weighted by molar-refractivity contribution is 0.0998. The van der Waals surface area contributed by atoms with Crippen molar-refractivity contribution < 1.29 is 9.21 Å². The van der Waals surface area contributed by atoms with Gasteiger partial charge in [0.05, 0.1) is 0 Å². The van der Waals surface area contributed by atoms with Crippen LogP contribution in [0.1, 0.15) is 34.2 Å². The maximum Gasteiger partial charge on any atom is 0.291 e. The second-order valence-electron chi connectivity index (χ2n) is 5.56. The van der Waals surface area contributed by atoms with E-state index >= 15 is 0 Å². The first-order valence-electron chi connectivity index (χ1n) is 7.48. The number of amides is 1. The molecule has 1 aromatic heterocycles. The van der Waals surface area contributed by atoms with Gasteiger partial charge in [0.15, 0.2) is 5.76 Å². The molecule has 22 heavy (non-hydrogen) atoms. The van der Waals surface area contributed by atoms with Gasteiger partial charge < -0.3 is 9.73 Å². The van der Waals surface area contributed by atoms with E-state index in [1.165, 1.54) is 5.56 Å². The third-order valence-corrected chi connectivity index (χ3v) is 3.92. The molecule has 0 aliphatic rings. The Morgan fingerprint density at radius 2 is 1.82 bits per heavy atom. The molecule has 0 unspecified atom stereocenters. The van der Waals surface area contributed by atoms with Gasteiger partial charge >= 0.3 is 0 Å². The van der Waals surface area contributed by atoms with Gasteiger partial charge in [-0.05, 0) is 50.1 Å². The highest BCUT2D eigenvalue weighted by atomic mass is 16.3. The van der Waals surface area contributed by atoms with Crippen molar-refractivity contribution >= 4 is 22.6 Å². The van der Waals surface area contributed by atoms with Gasteiger partial charge in [0.25, 0.3) is 5.91 Å². The number of carbonyl (C=O) groups is 1. The molecule has 0 aliphatic carbocycles. The van der Waals surface area contributed by atoms with E-state index in [2.05, 4.69) is 12.2 Å². The van der Waals surface area contributed by atoms with E-state index in [0.29, 0.717) is 5.76 Å². The number of aryl methyl sites for hydroxylation is 3. The maximum atomic E-state index is 12.4. The number of nitrogens with one attached hydrogen (secondary N) is 1. The Morgan fingerprint density at radius 1 is 1.09 bits per heavy atom. The topological polar surface area (TPSA) is 42.2 Å². The smallest absolute Gasteiger partial charge is 0.291 e. The molecular formula is C19H19NO2. The molecule has 112 valence electrons. The van der Waals surface area contributed by atoms with E-state index in [9.17, 15) is 4.79 Å². The number of rotatable bonds is 3. The van der Waals surface area contributed by atoms with Crippen molar-refractivity contribution in [2.45, 2.75) is 27.2 Å². The first-order valence-corrected chi connectivity index (χ1v) is 7.48. The largest absolute Gasteiger partial charge is 0.451 e. The molecule has 0 atom stereocenters. The molecule has 3 heteroatoms. The van der Waals surface area contributed by atoms with Crippen molar-refractivity contribution in [3.05, 3.63) is 64.9 Å². The number of furan rings is 1. The van der Waals surface area contributed by atoms with Crippen molar-refractivity contribution in [1.82, 2.24) is 0 Å². The lowest BCUT2D eigenvalue weighted by Gasteiger charge is -2.04. The summed E-state index contributed by atoms with van der Waals surface area (Å²) in [5, 5.41) is 3.89. The van der Waals surface area contributed by atoms with Crippen LogP contribution in [-0.2, 0) is 6.42 Å². The van der Waals surface area contributed by atoms with Gasteiger partial charge in [-0.1, -0.05) is 30.7 Å². The molecule has 0 spiro atoms. The number of benzene rings is 2. The predicted octanol–water partition coefficient (Wildman–Crippen LogP) is 4.86. The standard InChI is InChI=1S/C19H19NO2/c1-4-14-6-8-15(9-7-14)20-19(21)18-13(3)16-11-12(2)5-10-17(16)22-18/h5-11H,4H2,1-3H3,(H,20,21). The SMILES string of the molecule is CCc1ccc(NC(=O)c2oc3ccc(C)cc3c2C)cc1. The molecule has 3 rings (SSSR count). The summed E-state index contributed by atoms with van der Waals surface area (Å²) >= 11 is 0. The van der Waals surface area contributed by atoms with E-state index < -0.39 is 0 Å². The van der Waals surface area contributed by atoms with E-state index in [0.717, 1.165) is 34.2 Å². The number of carbonyl (C=O) groups excluding carboxylic acids is 1. The summed E-state index contributed by atoms with van der Waals surface area (Å²) in [5.74, 6) is 0.163. The minimum absolute atomic E-state index is 0.212. The highest BCUT2D eigenvalue weighted by Crippen LogP contribution is 2.26. The molecule has 1 amide bonds. The van der Waals surface area contributed by atoms with Gasteiger partial charge in [-0.3, -0.25) is 4.79 Å². The Kier molecular flexibility index (Phi) is 3.72. The van der Waals surface area contributed by atoms with Crippen LogP contribution >= 0.6 is 0 Å². The van der Waals surface area contributed by atoms with Gasteiger partial charge in [-0.15, -0.1) is 0 Å². The highest BCUT2D eigenvalue weighted by molar-refractivity contribution is 6.06. The molecule has 2 aromatic carbocycles. The zero-order valence-corrected chi connectivity index (χ0v) is 13.1. The number of fused-ring (bicyclic) bond motifs is 1. The third-order valence-electron chi connectivity index (χ3n) is 3.92. The van der Waals surface area contributed by atoms with Crippen molar-refractivity contribution in [1.29, 1.82) is 0 Å². The minimum Gasteiger partial charge on any atom is -0.451 e. The zero-order chi connectivity index (χ0) is 15.7. The average molecular weight is 293 g/mol. The van der Waals surface area contributed by atoms with Gasteiger partial charge in [0.2, 0.25) is 0 Å². The molecule has 1 heterocycles. The first-order chi connectivity index (χ1) is 10.6. The molecule has 0 fully saturated rings. The molecule has 0 radical (unpaired) electrons. The summed E-state index contributed by atoms with van der Waals surface area (Å²) in [7, 11) is 0. The summed E-state index contributed by atoms with van der Waals surface area (Å²) in [6.45, 7) is 6.05. The minimum atomic E-state index is -0.212. The Bertz CT molecular complexity index is 829. The van der Waals surface area contributed by atoms with Crippen LogP contribution < -0.4 is 5.32 Å². The van der Waals surface area contributed by atoms with Crippen molar-refractivity contribution in [2.24, 2.45) is 0 Å².